The summed E-state index contributed by atoms with van der Waals surface area (Å²) in [5, 5.41) is 0. The Balaban J connectivity index is 2.08. The minimum absolute atomic E-state index is 0.332. The first-order chi connectivity index (χ1) is 7.03. The van der Waals surface area contributed by atoms with E-state index in [4.69, 9.17) is 4.74 Å². The molecule has 1 saturated heterocycles. The first-order valence-corrected chi connectivity index (χ1v) is 6.09. The maximum absolute atomic E-state index is 5.42. The van der Waals surface area contributed by atoms with Crippen LogP contribution in [0.2, 0.25) is 0 Å². The Bertz CT molecular complexity index is 264. The fourth-order valence-corrected chi connectivity index (χ4v) is 2.83. The Labute approximate surface area is 93.3 Å². The van der Waals surface area contributed by atoms with Crippen molar-refractivity contribution in [1.82, 2.24) is 4.90 Å². The second kappa shape index (κ2) is 3.82. The summed E-state index contributed by atoms with van der Waals surface area (Å²) in [6.45, 7) is 11.0. The Morgan fingerprint density at radius 1 is 1.33 bits per heavy atom. The standard InChI is InChI=1S/C13H23NO/c1-10(2)5-12-6-13(8-15-9-13)14(7-12)11(3)4/h7,10-11H,5-6,8-9H2,1-4H3. The average Bonchev–Trinajstić information content (AvgIpc) is 2.41. The number of hydrogen-bond donors (Lipinski definition) is 0. The SMILES string of the molecule is CC(C)CC1=CN(C(C)C)C2(COC2)C1. The third-order valence-electron chi connectivity index (χ3n) is 3.39. The van der Waals surface area contributed by atoms with Gasteiger partial charge in [0.15, 0.2) is 0 Å². The van der Waals surface area contributed by atoms with Gasteiger partial charge in [-0.3, -0.25) is 0 Å². The number of nitrogens with zero attached hydrogens (tertiary/aromatic N) is 1. The summed E-state index contributed by atoms with van der Waals surface area (Å²) in [6, 6.07) is 0.596. The molecular weight excluding hydrogens is 186 g/mol. The normalized spacial score (nSPS) is 23.9. The van der Waals surface area contributed by atoms with Crippen LogP contribution in [0.5, 0.6) is 0 Å². The van der Waals surface area contributed by atoms with Crippen molar-refractivity contribution in [3.8, 4) is 0 Å². The molecule has 2 heterocycles. The van der Waals surface area contributed by atoms with E-state index in [1.807, 2.05) is 0 Å². The highest BCUT2D eigenvalue weighted by Gasteiger charge is 2.47. The van der Waals surface area contributed by atoms with Crippen LogP contribution in [0, 0.1) is 5.92 Å². The summed E-state index contributed by atoms with van der Waals surface area (Å²) in [4.78, 5) is 2.52. The topological polar surface area (TPSA) is 12.5 Å². The van der Waals surface area contributed by atoms with Gasteiger partial charge in [-0.05, 0) is 38.8 Å². The Morgan fingerprint density at radius 3 is 2.33 bits per heavy atom. The van der Waals surface area contributed by atoms with Crippen LogP contribution in [0.3, 0.4) is 0 Å². The molecule has 2 nitrogen and oxygen atoms in total. The van der Waals surface area contributed by atoms with E-state index in [1.54, 1.807) is 5.57 Å². The quantitative estimate of drug-likeness (QED) is 0.708. The molecule has 0 aromatic rings. The van der Waals surface area contributed by atoms with Gasteiger partial charge >= 0.3 is 0 Å². The van der Waals surface area contributed by atoms with E-state index in [9.17, 15) is 0 Å². The lowest BCUT2D eigenvalue weighted by molar-refractivity contribution is -0.124. The molecule has 0 amide bonds. The van der Waals surface area contributed by atoms with Gasteiger partial charge in [0.25, 0.3) is 0 Å². The average molecular weight is 209 g/mol. The van der Waals surface area contributed by atoms with Crippen LogP contribution in [-0.2, 0) is 4.74 Å². The predicted octanol–water partition coefficient (Wildman–Crippen LogP) is 2.80. The van der Waals surface area contributed by atoms with Gasteiger partial charge in [0.05, 0.1) is 18.8 Å². The van der Waals surface area contributed by atoms with Crippen LogP contribution >= 0.6 is 0 Å². The van der Waals surface area contributed by atoms with Crippen LogP contribution in [0.1, 0.15) is 40.5 Å². The Kier molecular flexibility index (Phi) is 2.80. The van der Waals surface area contributed by atoms with Gasteiger partial charge in [0.2, 0.25) is 0 Å². The van der Waals surface area contributed by atoms with Crippen molar-refractivity contribution >= 4 is 0 Å². The molecule has 1 fully saturated rings. The first kappa shape index (κ1) is 11.0. The smallest absolute Gasteiger partial charge is 0.0902 e. The van der Waals surface area contributed by atoms with Crippen LogP contribution < -0.4 is 0 Å². The van der Waals surface area contributed by atoms with E-state index in [1.165, 1.54) is 12.8 Å². The molecule has 2 aliphatic heterocycles. The van der Waals surface area contributed by atoms with Crippen LogP contribution in [0.15, 0.2) is 11.8 Å². The molecule has 0 unspecified atom stereocenters. The molecule has 0 aromatic carbocycles. The van der Waals surface area contributed by atoms with Gasteiger partial charge in [-0.15, -0.1) is 0 Å². The summed E-state index contributed by atoms with van der Waals surface area (Å²) in [6.07, 6.45) is 4.86. The Morgan fingerprint density at radius 2 is 2.00 bits per heavy atom. The van der Waals surface area contributed by atoms with Crippen molar-refractivity contribution in [1.29, 1.82) is 0 Å². The van der Waals surface area contributed by atoms with Crippen molar-refractivity contribution in [3.05, 3.63) is 11.8 Å². The molecule has 0 aromatic heterocycles. The second-order valence-electron chi connectivity index (χ2n) is 5.78. The molecule has 2 rings (SSSR count). The third kappa shape index (κ3) is 1.92. The van der Waals surface area contributed by atoms with Crippen molar-refractivity contribution in [3.63, 3.8) is 0 Å². The maximum Gasteiger partial charge on any atom is 0.0902 e. The van der Waals surface area contributed by atoms with Gasteiger partial charge < -0.3 is 9.64 Å². The zero-order chi connectivity index (χ0) is 11.1. The zero-order valence-electron chi connectivity index (χ0n) is 10.4. The first-order valence-electron chi connectivity index (χ1n) is 6.09. The van der Waals surface area contributed by atoms with Crippen molar-refractivity contribution in [2.75, 3.05) is 13.2 Å². The largest absolute Gasteiger partial charge is 0.376 e. The summed E-state index contributed by atoms with van der Waals surface area (Å²) in [7, 11) is 0. The number of rotatable bonds is 3. The van der Waals surface area contributed by atoms with Crippen LogP contribution in [0.25, 0.3) is 0 Å². The van der Waals surface area contributed by atoms with Gasteiger partial charge in [0.1, 0.15) is 0 Å². The van der Waals surface area contributed by atoms with E-state index >= 15 is 0 Å². The Hall–Kier alpha value is -0.500. The fourth-order valence-electron chi connectivity index (χ4n) is 2.83. The molecule has 0 N–H and O–H groups in total. The molecule has 2 aliphatic rings. The summed E-state index contributed by atoms with van der Waals surface area (Å²) in [5.74, 6) is 0.765. The highest BCUT2D eigenvalue weighted by atomic mass is 16.5. The monoisotopic (exact) mass is 209 g/mol. The molecular formula is C13H23NO. The summed E-state index contributed by atoms with van der Waals surface area (Å²) >= 11 is 0. The van der Waals surface area contributed by atoms with E-state index in [2.05, 4.69) is 38.8 Å². The highest BCUT2D eigenvalue weighted by molar-refractivity contribution is 5.21. The molecule has 0 aliphatic carbocycles. The molecule has 0 saturated carbocycles. The van der Waals surface area contributed by atoms with E-state index in [0.717, 1.165) is 19.1 Å². The molecule has 0 atom stereocenters. The van der Waals surface area contributed by atoms with Gasteiger partial charge in [-0.25, -0.2) is 0 Å². The van der Waals surface area contributed by atoms with Gasteiger partial charge in [0, 0.05) is 6.04 Å². The van der Waals surface area contributed by atoms with Crippen molar-refractivity contribution < 1.29 is 4.74 Å². The highest BCUT2D eigenvalue weighted by Crippen LogP contribution is 2.41. The molecule has 1 spiro atoms. The van der Waals surface area contributed by atoms with E-state index in [0.29, 0.717) is 11.6 Å². The van der Waals surface area contributed by atoms with Crippen LogP contribution in [-0.4, -0.2) is 29.7 Å². The van der Waals surface area contributed by atoms with Crippen molar-refractivity contribution in [2.45, 2.75) is 52.1 Å². The summed E-state index contributed by atoms with van der Waals surface area (Å²) < 4.78 is 5.42. The summed E-state index contributed by atoms with van der Waals surface area (Å²) in [5.41, 5.74) is 1.94. The lowest BCUT2D eigenvalue weighted by Gasteiger charge is -2.48. The molecule has 86 valence electrons. The maximum atomic E-state index is 5.42. The lowest BCUT2D eigenvalue weighted by Crippen LogP contribution is -2.60. The van der Waals surface area contributed by atoms with Gasteiger partial charge in [-0.2, -0.15) is 0 Å². The molecule has 2 heteroatoms. The molecule has 0 bridgehead atoms. The molecule has 0 radical (unpaired) electrons. The van der Waals surface area contributed by atoms with Gasteiger partial charge in [-0.1, -0.05) is 19.4 Å². The fraction of sp³-hybridized carbons (Fsp3) is 0.846. The van der Waals surface area contributed by atoms with Crippen molar-refractivity contribution in [2.24, 2.45) is 5.92 Å². The van der Waals surface area contributed by atoms with Crippen LogP contribution in [0.4, 0.5) is 0 Å². The van der Waals surface area contributed by atoms with E-state index in [-0.39, 0.29) is 0 Å². The third-order valence-corrected chi connectivity index (χ3v) is 3.39. The lowest BCUT2D eigenvalue weighted by atomic mass is 9.88. The minimum atomic E-state index is 0.332. The predicted molar refractivity (Wildman–Crippen MR) is 62.7 cm³/mol. The van der Waals surface area contributed by atoms with E-state index < -0.39 is 0 Å². The second-order valence-corrected chi connectivity index (χ2v) is 5.78. The minimum Gasteiger partial charge on any atom is -0.376 e. The zero-order valence-corrected chi connectivity index (χ0v) is 10.4. The number of ether oxygens (including phenoxy) is 1. The number of hydrogen-bond acceptors (Lipinski definition) is 2. The molecule has 15 heavy (non-hydrogen) atoms.